The second-order valence-corrected chi connectivity index (χ2v) is 38.0. The molecule has 0 radical (unpaired) electrons. The molecule has 0 spiro atoms. The molecule has 120 heavy (non-hydrogen) atoms. The highest BCUT2D eigenvalue weighted by Gasteiger charge is 2.40. The van der Waals surface area contributed by atoms with Crippen molar-refractivity contribution in [3.05, 3.63) is 212 Å². The Labute approximate surface area is 727 Å². The minimum atomic E-state index is -0.399. The molecule has 6 aromatic carbocycles. The smallest absolute Gasteiger partial charge is 0.338 e. The van der Waals surface area contributed by atoms with E-state index in [0.717, 1.165) is 116 Å². The van der Waals surface area contributed by atoms with E-state index in [1.807, 2.05) is 130 Å². The Morgan fingerprint density at radius 3 is 0.792 bits per heavy atom. The first-order valence-corrected chi connectivity index (χ1v) is 46.9. The van der Waals surface area contributed by atoms with E-state index in [-0.39, 0.29) is 63.8 Å². The van der Waals surface area contributed by atoms with E-state index in [1.165, 1.54) is 110 Å². The quantitative estimate of drug-likeness (QED) is 0.0339. The monoisotopic (exact) mass is 1650 g/mol. The van der Waals surface area contributed by atoms with Gasteiger partial charge in [0.25, 0.3) is 0 Å². The van der Waals surface area contributed by atoms with Crippen LogP contribution in [0.15, 0.2) is 146 Å². The molecule has 0 N–H and O–H groups in total. The third-order valence-electron chi connectivity index (χ3n) is 27.4. The minimum Gasteiger partial charge on any atom is -0.456 e. The predicted molar refractivity (Wildman–Crippen MR) is 494 cm³/mol. The molecule has 6 unspecified atom stereocenters. The summed E-state index contributed by atoms with van der Waals surface area (Å²) < 4.78 is 34.6. The Hall–Kier alpha value is -7.86. The summed E-state index contributed by atoms with van der Waals surface area (Å²) in [5.41, 5.74) is 9.52. The summed E-state index contributed by atoms with van der Waals surface area (Å²) in [5, 5.41) is 0. The highest BCUT2D eigenvalue weighted by molar-refractivity contribution is 5.93. The Bertz CT molecular complexity index is 4110. The molecule has 0 aliphatic heterocycles. The largest absolute Gasteiger partial charge is 0.456 e. The van der Waals surface area contributed by atoms with Crippen LogP contribution in [0.1, 0.15) is 476 Å². The molecule has 0 heterocycles. The van der Waals surface area contributed by atoms with E-state index >= 15 is 0 Å². The number of esters is 6. The van der Waals surface area contributed by atoms with E-state index in [9.17, 15) is 28.8 Å². The van der Waals surface area contributed by atoms with Crippen molar-refractivity contribution in [2.45, 2.75) is 414 Å². The average molecular weight is 1650 g/mol. The van der Waals surface area contributed by atoms with Gasteiger partial charge in [-0.25, -0.2) is 28.8 Å². The van der Waals surface area contributed by atoms with Gasteiger partial charge >= 0.3 is 35.8 Å². The maximum atomic E-state index is 12.5. The van der Waals surface area contributed by atoms with Gasteiger partial charge in [0.1, 0.15) is 33.6 Å². The first-order chi connectivity index (χ1) is 56.9. The van der Waals surface area contributed by atoms with Crippen molar-refractivity contribution in [3.63, 3.8) is 0 Å². The third-order valence-corrected chi connectivity index (χ3v) is 27.4. The molecule has 5 saturated carbocycles. The van der Waals surface area contributed by atoms with Crippen LogP contribution < -0.4 is 0 Å². The van der Waals surface area contributed by atoms with Crippen LogP contribution in [0.5, 0.6) is 0 Å². The van der Waals surface area contributed by atoms with Gasteiger partial charge < -0.3 is 28.4 Å². The van der Waals surface area contributed by atoms with Crippen LogP contribution >= 0.6 is 0 Å². The second-order valence-electron chi connectivity index (χ2n) is 38.0. The number of rotatable bonds is 28. The lowest BCUT2D eigenvalue weighted by Crippen LogP contribution is -2.37. The minimum absolute atomic E-state index is 0.154. The van der Waals surface area contributed by atoms with E-state index < -0.39 is 5.60 Å². The van der Waals surface area contributed by atoms with Crippen LogP contribution in [0, 0.1) is 11.8 Å². The lowest BCUT2D eigenvalue weighted by molar-refractivity contribution is -0.0386. The first kappa shape index (κ1) is 101. The van der Waals surface area contributed by atoms with E-state index in [1.54, 1.807) is 0 Å². The molecule has 11 rings (SSSR count). The summed E-state index contributed by atoms with van der Waals surface area (Å²) >= 11 is 0. The number of hydrogen-bond acceptors (Lipinski definition) is 12. The number of hydrogen-bond donors (Lipinski definition) is 0. The summed E-state index contributed by atoms with van der Waals surface area (Å²) in [6.45, 7) is 46.5. The molecule has 0 saturated heterocycles. The van der Waals surface area contributed by atoms with Gasteiger partial charge in [-0.3, -0.25) is 0 Å². The number of carbonyl (C=O) groups excluding carboxylic acids is 6. The van der Waals surface area contributed by atoms with Crippen molar-refractivity contribution in [3.8, 4) is 0 Å². The fourth-order valence-electron chi connectivity index (χ4n) is 16.8. The molecule has 5 fully saturated rings. The van der Waals surface area contributed by atoms with E-state index in [2.05, 4.69) is 168 Å². The van der Waals surface area contributed by atoms with Gasteiger partial charge in [-0.05, 0) is 363 Å². The van der Waals surface area contributed by atoms with Gasteiger partial charge in [0, 0.05) is 0 Å². The molecule has 12 heteroatoms. The Kier molecular flexibility index (Phi) is 41.1. The Balaban J connectivity index is 0.000000223. The highest BCUT2D eigenvalue weighted by atomic mass is 16.6. The summed E-state index contributed by atoms with van der Waals surface area (Å²) in [7, 11) is 0. The molecule has 6 atom stereocenters. The zero-order chi connectivity index (χ0) is 88.4. The van der Waals surface area contributed by atoms with Crippen molar-refractivity contribution in [2.24, 2.45) is 11.8 Å². The molecular weight excluding hydrogens is 1490 g/mol. The molecular formula is C108H158O12. The zero-order valence-corrected chi connectivity index (χ0v) is 78.6. The standard InChI is InChI=1S/C20H30O2.C19H28O2.2C18H26O2.C17H24O2.C16H24O2/c1-5-15(2)16-10-9-11-17(14-16)19(21)22-20(3,4)18-12-7-6-8-13-18;1-5-14(2)15-9-8-10-16(13-15)18(20)21-19(3,4)17-11-6-7-12-17;1-4-14(2)15-9-8-10-16(13-15)17(19)20-18(3)11-6-5-7-12-18;1-4-14(3)15-9-8-10-16(13-15)17(19)20-18(5-2)11-6-7-12-18;1-4-13(2)14-8-7-9-15(12-14)16(18)19-17(3)10-5-6-11-17;1-6-12(3)13-9-8-10-14(11-13)15(17)18-16(4,5)7-2/h9-11,14-15,18H,5-8,12-13H2,1-4H3;8-10,13-14,17H,5-7,11-12H2,1-4H3;2*8-10,13-14H,4-7,11-12H2,1-3H3;7-9,12-13H,4-6,10-11H2,1-3H3;8-12H,6-7H2,1-5H3. The fourth-order valence-corrected chi connectivity index (χ4v) is 16.8. The van der Waals surface area contributed by atoms with E-state index in [0.29, 0.717) is 80.7 Å². The van der Waals surface area contributed by atoms with E-state index in [4.69, 9.17) is 28.4 Å². The first-order valence-electron chi connectivity index (χ1n) is 46.9. The summed E-state index contributed by atoms with van der Waals surface area (Å²) in [6.07, 6.45) is 33.5. The molecule has 12 nitrogen and oxygen atoms in total. The van der Waals surface area contributed by atoms with Gasteiger partial charge in [0.05, 0.1) is 33.4 Å². The van der Waals surface area contributed by atoms with Crippen molar-refractivity contribution >= 4 is 35.8 Å². The fraction of sp³-hybridized carbons (Fsp3) is 0.611. The molecule has 0 aromatic heterocycles. The normalized spacial score (nSPS) is 17.8. The lowest BCUT2D eigenvalue weighted by Gasteiger charge is -2.36. The van der Waals surface area contributed by atoms with Crippen LogP contribution in [0.3, 0.4) is 0 Å². The van der Waals surface area contributed by atoms with Crippen molar-refractivity contribution in [1.82, 2.24) is 0 Å². The molecule has 6 aromatic rings. The van der Waals surface area contributed by atoms with Crippen LogP contribution in [0.25, 0.3) is 0 Å². The Morgan fingerprint density at radius 1 is 0.308 bits per heavy atom. The van der Waals surface area contributed by atoms with Gasteiger partial charge in [0.2, 0.25) is 0 Å². The number of ether oxygens (including phenoxy) is 6. The molecule has 0 bridgehead atoms. The topological polar surface area (TPSA) is 158 Å². The number of carbonyl (C=O) groups is 6. The van der Waals surface area contributed by atoms with Gasteiger partial charge in [-0.2, -0.15) is 0 Å². The number of benzene rings is 6. The predicted octanol–water partition coefficient (Wildman–Crippen LogP) is 30.4. The van der Waals surface area contributed by atoms with Gasteiger partial charge in [-0.15, -0.1) is 0 Å². The van der Waals surface area contributed by atoms with Crippen molar-refractivity contribution in [1.29, 1.82) is 0 Å². The van der Waals surface area contributed by atoms with Gasteiger partial charge in [-0.1, -0.05) is 208 Å². The molecule has 5 aliphatic rings. The maximum Gasteiger partial charge on any atom is 0.338 e. The second kappa shape index (κ2) is 48.8. The average Bonchev–Trinajstić information content (AvgIpc) is 1.46. The third kappa shape index (κ3) is 31.8. The van der Waals surface area contributed by atoms with Crippen molar-refractivity contribution < 1.29 is 57.2 Å². The van der Waals surface area contributed by atoms with Crippen LogP contribution in [-0.4, -0.2) is 69.4 Å². The highest BCUT2D eigenvalue weighted by Crippen LogP contribution is 2.41. The molecule has 662 valence electrons. The summed E-state index contributed by atoms with van der Waals surface area (Å²) in [6, 6.07) is 47.3. The van der Waals surface area contributed by atoms with Gasteiger partial charge in [0.15, 0.2) is 0 Å². The Morgan fingerprint density at radius 2 is 0.533 bits per heavy atom. The lowest BCUT2D eigenvalue weighted by atomic mass is 9.79. The summed E-state index contributed by atoms with van der Waals surface area (Å²) in [5.74, 6) is 2.76. The zero-order valence-electron chi connectivity index (χ0n) is 78.6. The molecule has 0 amide bonds. The van der Waals surface area contributed by atoms with Crippen molar-refractivity contribution in [2.75, 3.05) is 0 Å². The molecule has 5 aliphatic carbocycles. The maximum absolute atomic E-state index is 12.5. The summed E-state index contributed by atoms with van der Waals surface area (Å²) in [4.78, 5) is 74.1. The van der Waals surface area contributed by atoms with Crippen LogP contribution in [0.2, 0.25) is 0 Å². The SMILES string of the molecule is CCC(C)c1cccc(C(=O)OC(C)(C)C2CCCC2)c1.CCC(C)c1cccc(C(=O)OC(C)(C)C2CCCCC2)c1.CCC(C)c1cccc(C(=O)OC(C)(C)CC)c1.CCC(C)c1cccc(C(=O)OC2(C)CCCC2)c1.CCC(C)c1cccc(C(=O)OC2(C)CCCCC2)c1.CCC(C)c1cccc(C(=O)OC2(CC)CCCC2)c1. The van der Waals surface area contributed by atoms with Crippen LogP contribution in [0.4, 0.5) is 0 Å². The van der Waals surface area contributed by atoms with Crippen LogP contribution in [-0.2, 0) is 28.4 Å².